The summed E-state index contributed by atoms with van der Waals surface area (Å²) in [5.74, 6) is -0.355. The second-order valence-corrected chi connectivity index (χ2v) is 9.66. The van der Waals surface area contributed by atoms with Crippen LogP contribution in [0.25, 0.3) is 0 Å². The summed E-state index contributed by atoms with van der Waals surface area (Å²) >= 11 is 0. The van der Waals surface area contributed by atoms with E-state index in [0.29, 0.717) is 63.9 Å². The number of ether oxygens (including phenoxy) is 1. The smallest absolute Gasteiger partial charge is 0.293 e. The van der Waals surface area contributed by atoms with Gasteiger partial charge in [0.1, 0.15) is 5.69 Å². The molecule has 0 radical (unpaired) electrons. The van der Waals surface area contributed by atoms with E-state index in [0.717, 1.165) is 16.8 Å². The predicted octanol–water partition coefficient (Wildman–Crippen LogP) is 3.95. The van der Waals surface area contributed by atoms with Crippen LogP contribution in [0.4, 0.5) is 22.7 Å². The number of benzene rings is 3. The number of aryl methyl sites for hydroxylation is 1. The lowest BCUT2D eigenvalue weighted by Gasteiger charge is -2.36. The molecule has 0 aromatic heterocycles. The third-order valence-electron chi connectivity index (χ3n) is 7.22. The topological polar surface area (TPSA) is 108 Å². The summed E-state index contributed by atoms with van der Waals surface area (Å²) in [4.78, 5) is 43.1. The monoisotopic (exact) mass is 529 g/mol. The molecular weight excluding hydrogens is 498 g/mol. The molecule has 0 spiro atoms. The highest BCUT2D eigenvalue weighted by Gasteiger charge is 2.25. The second kappa shape index (κ2) is 11.5. The molecule has 0 bridgehead atoms. The van der Waals surface area contributed by atoms with Gasteiger partial charge in [0, 0.05) is 67.8 Å². The lowest BCUT2D eigenvalue weighted by Crippen LogP contribution is -2.48. The Bertz CT molecular complexity index is 1360. The van der Waals surface area contributed by atoms with Crippen LogP contribution in [0, 0.1) is 17.0 Å². The number of anilines is 3. The van der Waals surface area contributed by atoms with E-state index in [1.165, 1.54) is 6.07 Å². The number of morpholine rings is 1. The van der Waals surface area contributed by atoms with Crippen molar-refractivity contribution in [2.24, 2.45) is 0 Å². The zero-order chi connectivity index (χ0) is 27.4. The van der Waals surface area contributed by atoms with Gasteiger partial charge in [0.25, 0.3) is 17.5 Å². The summed E-state index contributed by atoms with van der Waals surface area (Å²) in [5.41, 5.74) is 3.93. The van der Waals surface area contributed by atoms with Gasteiger partial charge in [-0.05, 0) is 55.0 Å². The largest absolute Gasteiger partial charge is 0.378 e. The number of nitro groups is 1. The molecule has 39 heavy (non-hydrogen) atoms. The highest BCUT2D eigenvalue weighted by molar-refractivity contribution is 6.05. The number of hydrogen-bond donors (Lipinski definition) is 1. The van der Waals surface area contributed by atoms with Crippen LogP contribution in [-0.2, 0) is 4.74 Å². The Balaban J connectivity index is 1.20. The summed E-state index contributed by atoms with van der Waals surface area (Å²) in [5, 5.41) is 14.6. The molecule has 5 rings (SSSR count). The Morgan fingerprint density at radius 3 is 2.23 bits per heavy atom. The van der Waals surface area contributed by atoms with Gasteiger partial charge in [-0.2, -0.15) is 0 Å². The average molecular weight is 530 g/mol. The van der Waals surface area contributed by atoms with Crippen molar-refractivity contribution in [3.05, 3.63) is 93.5 Å². The van der Waals surface area contributed by atoms with Gasteiger partial charge in [-0.1, -0.05) is 18.2 Å². The van der Waals surface area contributed by atoms with Crippen LogP contribution < -0.4 is 15.1 Å². The molecule has 3 aromatic carbocycles. The first-order valence-corrected chi connectivity index (χ1v) is 13.0. The quantitative estimate of drug-likeness (QED) is 0.380. The van der Waals surface area contributed by atoms with Gasteiger partial charge >= 0.3 is 0 Å². The first-order chi connectivity index (χ1) is 18.9. The van der Waals surface area contributed by atoms with E-state index in [-0.39, 0.29) is 17.2 Å². The third kappa shape index (κ3) is 5.85. The van der Waals surface area contributed by atoms with Gasteiger partial charge in [0.05, 0.1) is 18.1 Å². The van der Waals surface area contributed by atoms with Crippen LogP contribution in [0.2, 0.25) is 0 Å². The molecule has 2 heterocycles. The molecule has 2 saturated heterocycles. The van der Waals surface area contributed by atoms with Crippen LogP contribution in [0.1, 0.15) is 26.3 Å². The lowest BCUT2D eigenvalue weighted by molar-refractivity contribution is -0.384. The first-order valence-electron chi connectivity index (χ1n) is 13.0. The van der Waals surface area contributed by atoms with E-state index in [2.05, 4.69) is 10.2 Å². The molecule has 0 atom stereocenters. The molecule has 2 aliphatic rings. The molecular formula is C29H31N5O5. The predicted molar refractivity (Wildman–Crippen MR) is 150 cm³/mol. The van der Waals surface area contributed by atoms with E-state index in [9.17, 15) is 19.7 Å². The zero-order valence-electron chi connectivity index (χ0n) is 21.8. The normalized spacial score (nSPS) is 15.7. The van der Waals surface area contributed by atoms with Crippen LogP contribution in [0.3, 0.4) is 0 Å². The highest BCUT2D eigenvalue weighted by atomic mass is 16.6. The molecule has 202 valence electrons. The van der Waals surface area contributed by atoms with Gasteiger partial charge < -0.3 is 24.8 Å². The van der Waals surface area contributed by atoms with Gasteiger partial charge in [-0.25, -0.2) is 0 Å². The van der Waals surface area contributed by atoms with Crippen molar-refractivity contribution in [2.45, 2.75) is 6.92 Å². The molecule has 0 aliphatic carbocycles. The van der Waals surface area contributed by atoms with Crippen molar-refractivity contribution in [3.8, 4) is 0 Å². The molecule has 2 fully saturated rings. The van der Waals surface area contributed by atoms with E-state index < -0.39 is 10.8 Å². The van der Waals surface area contributed by atoms with Crippen molar-refractivity contribution in [2.75, 3.05) is 67.6 Å². The van der Waals surface area contributed by atoms with Crippen molar-refractivity contribution >= 4 is 34.6 Å². The van der Waals surface area contributed by atoms with E-state index in [1.54, 1.807) is 12.1 Å². The third-order valence-corrected chi connectivity index (χ3v) is 7.22. The Labute approximate surface area is 226 Å². The number of rotatable bonds is 6. The summed E-state index contributed by atoms with van der Waals surface area (Å²) in [6, 6.07) is 19.7. The molecule has 0 unspecified atom stereocenters. The van der Waals surface area contributed by atoms with Crippen LogP contribution in [0.15, 0.2) is 66.7 Å². The van der Waals surface area contributed by atoms with E-state index >= 15 is 0 Å². The first kappa shape index (κ1) is 26.2. The molecule has 0 saturated carbocycles. The standard InChI is InChI=1S/C29H31N5O5/c1-21-4-2-3-5-25(21)29(36)33-14-12-31(13-15-33)24-9-7-23(8-10-24)30-28(35)22-6-11-26(27(20-22)34(37)38)32-16-18-39-19-17-32/h2-11,20H,12-19H2,1H3,(H,30,35). The summed E-state index contributed by atoms with van der Waals surface area (Å²) < 4.78 is 5.34. The zero-order valence-corrected chi connectivity index (χ0v) is 21.8. The molecule has 10 heteroatoms. The highest BCUT2D eigenvalue weighted by Crippen LogP contribution is 2.30. The van der Waals surface area contributed by atoms with E-state index in [4.69, 9.17) is 4.74 Å². The van der Waals surface area contributed by atoms with Crippen LogP contribution >= 0.6 is 0 Å². The number of piperazine rings is 1. The van der Waals surface area contributed by atoms with Crippen molar-refractivity contribution in [1.29, 1.82) is 0 Å². The SMILES string of the molecule is Cc1ccccc1C(=O)N1CCN(c2ccc(NC(=O)c3ccc(N4CCOCC4)c([N+](=O)[O-])c3)cc2)CC1. The maximum atomic E-state index is 12.9. The summed E-state index contributed by atoms with van der Waals surface area (Å²) in [7, 11) is 0. The number of amides is 2. The van der Waals surface area contributed by atoms with Crippen molar-refractivity contribution in [3.63, 3.8) is 0 Å². The Morgan fingerprint density at radius 1 is 0.872 bits per heavy atom. The minimum atomic E-state index is -0.454. The lowest BCUT2D eigenvalue weighted by atomic mass is 10.1. The van der Waals surface area contributed by atoms with Crippen molar-refractivity contribution in [1.82, 2.24) is 4.90 Å². The van der Waals surface area contributed by atoms with Gasteiger partial charge in [-0.15, -0.1) is 0 Å². The van der Waals surface area contributed by atoms with Crippen LogP contribution in [0.5, 0.6) is 0 Å². The summed E-state index contributed by atoms with van der Waals surface area (Å²) in [6.07, 6.45) is 0. The molecule has 1 N–H and O–H groups in total. The number of nitrogens with one attached hydrogen (secondary N) is 1. The number of carbonyl (C=O) groups is 2. The molecule has 2 amide bonds. The maximum absolute atomic E-state index is 12.9. The Morgan fingerprint density at radius 2 is 1.56 bits per heavy atom. The Hall–Kier alpha value is -4.44. The number of carbonyl (C=O) groups excluding carboxylic acids is 2. The maximum Gasteiger partial charge on any atom is 0.293 e. The molecule has 10 nitrogen and oxygen atoms in total. The van der Waals surface area contributed by atoms with E-state index in [1.807, 2.05) is 65.3 Å². The fraction of sp³-hybridized carbons (Fsp3) is 0.310. The minimum Gasteiger partial charge on any atom is -0.378 e. The second-order valence-electron chi connectivity index (χ2n) is 9.66. The van der Waals surface area contributed by atoms with Gasteiger partial charge in [0.15, 0.2) is 0 Å². The fourth-order valence-electron chi connectivity index (χ4n) is 4.99. The molecule has 2 aliphatic heterocycles. The van der Waals surface area contributed by atoms with Crippen molar-refractivity contribution < 1.29 is 19.2 Å². The minimum absolute atomic E-state index is 0.0593. The molecule has 3 aromatic rings. The fourth-order valence-corrected chi connectivity index (χ4v) is 4.99. The van der Waals surface area contributed by atoms with Crippen LogP contribution in [-0.4, -0.2) is 74.1 Å². The van der Waals surface area contributed by atoms with Gasteiger partial charge in [0.2, 0.25) is 0 Å². The number of nitrogens with zero attached hydrogens (tertiary/aromatic N) is 4. The number of hydrogen-bond acceptors (Lipinski definition) is 7. The average Bonchev–Trinajstić information content (AvgIpc) is 2.97. The van der Waals surface area contributed by atoms with Gasteiger partial charge in [-0.3, -0.25) is 19.7 Å². The summed E-state index contributed by atoms with van der Waals surface area (Å²) in [6.45, 7) is 6.78. The number of nitro benzene ring substituents is 1. The Kier molecular flexibility index (Phi) is 7.74.